The van der Waals surface area contributed by atoms with Crippen LogP contribution in [-0.2, 0) is 10.1 Å². The van der Waals surface area contributed by atoms with Crippen LogP contribution in [0.15, 0.2) is 106 Å². The van der Waals surface area contributed by atoms with Crippen LogP contribution in [0.5, 0.6) is 0 Å². The monoisotopic (exact) mass is 659 g/mol. The Morgan fingerprint density at radius 2 is 1.33 bits per heavy atom. The summed E-state index contributed by atoms with van der Waals surface area (Å²) in [5, 5.41) is 1.71. The van der Waals surface area contributed by atoms with Gasteiger partial charge in [0.2, 0.25) is 11.0 Å². The molecule has 0 saturated heterocycles. The number of aryl methyl sites for hydroxylation is 4. The highest BCUT2D eigenvalue weighted by molar-refractivity contribution is 7.86. The molecule has 6 nitrogen and oxygen atoms in total. The van der Waals surface area contributed by atoms with Crippen LogP contribution in [0.1, 0.15) is 49.9 Å². The van der Waals surface area contributed by atoms with E-state index in [0.29, 0.717) is 22.5 Å². The molecule has 1 heterocycles. The van der Waals surface area contributed by atoms with E-state index in [1.807, 2.05) is 24.3 Å². The second-order valence-electron chi connectivity index (χ2n) is 13.2. The predicted octanol–water partition coefficient (Wildman–Crippen LogP) is 9.74. The number of para-hydroxylation sites is 2. The van der Waals surface area contributed by atoms with Gasteiger partial charge in [0.05, 0.1) is 6.07 Å². The normalized spacial score (nSPS) is 12.7. The highest BCUT2D eigenvalue weighted by atomic mass is 32.2. The third-order valence-electron chi connectivity index (χ3n) is 9.07. The lowest BCUT2D eigenvalue weighted by atomic mass is 9.93. The third kappa shape index (κ3) is 5.93. The first-order valence-corrected chi connectivity index (χ1v) is 17.8. The Balaban J connectivity index is 1.74. The second-order valence-corrected chi connectivity index (χ2v) is 14.6. The molecular formula is C41H43N2O4S+. The lowest BCUT2D eigenvalue weighted by Crippen LogP contribution is -2.32. The largest absolute Gasteiger partial charge is 0.456 e. The van der Waals surface area contributed by atoms with Crippen molar-refractivity contribution in [1.29, 1.82) is 0 Å². The quantitative estimate of drug-likeness (QED) is 0.105. The minimum Gasteiger partial charge on any atom is -0.456 e. The Bertz CT molecular complexity index is 2290. The molecule has 0 saturated carbocycles. The van der Waals surface area contributed by atoms with Gasteiger partial charge in [-0.2, -0.15) is 13.0 Å². The van der Waals surface area contributed by atoms with Crippen LogP contribution in [0, 0.1) is 27.7 Å². The summed E-state index contributed by atoms with van der Waals surface area (Å²) >= 11 is 0. The minimum atomic E-state index is -4.52. The maximum Gasteiger partial charge on any atom is 0.295 e. The van der Waals surface area contributed by atoms with Crippen molar-refractivity contribution < 1.29 is 17.4 Å². The molecule has 1 aliphatic carbocycles. The van der Waals surface area contributed by atoms with E-state index in [9.17, 15) is 13.0 Å². The zero-order valence-electron chi connectivity index (χ0n) is 28.9. The minimum absolute atomic E-state index is 0.144. The molecule has 4 aromatic carbocycles. The van der Waals surface area contributed by atoms with Crippen LogP contribution >= 0.6 is 0 Å². The first-order chi connectivity index (χ1) is 22.8. The van der Waals surface area contributed by atoms with Gasteiger partial charge in [-0.25, -0.2) is 0 Å². The van der Waals surface area contributed by atoms with Gasteiger partial charge < -0.3 is 9.32 Å². The second kappa shape index (κ2) is 12.7. The van der Waals surface area contributed by atoms with Gasteiger partial charge in [-0.15, -0.1) is 0 Å². The maximum atomic E-state index is 12.7. The number of nitrogens with zero attached hydrogens (tertiary/aromatic N) is 2. The van der Waals surface area contributed by atoms with Crippen LogP contribution in [-0.4, -0.2) is 25.1 Å². The Labute approximate surface area is 283 Å². The SMILES string of the molecule is Cc1cccc(C)c1N(c1ccc2c(-c3ccccc3S(=O)(=O)O)c3cc/c(=[N+](\c4c(C)cccc4C)C(C)C)cc-3oc2c1)C(C)C. The van der Waals surface area contributed by atoms with Crippen molar-refractivity contribution in [2.45, 2.75) is 72.4 Å². The van der Waals surface area contributed by atoms with Crippen molar-refractivity contribution in [2.75, 3.05) is 4.90 Å². The lowest BCUT2D eigenvalue weighted by molar-refractivity contribution is 0.483. The number of hydrogen-bond acceptors (Lipinski definition) is 4. The van der Waals surface area contributed by atoms with E-state index in [4.69, 9.17) is 4.42 Å². The summed E-state index contributed by atoms with van der Waals surface area (Å²) in [7, 11) is -4.52. The summed E-state index contributed by atoms with van der Waals surface area (Å²) in [6, 6.07) is 31.7. The zero-order chi connectivity index (χ0) is 34.5. The van der Waals surface area contributed by atoms with Gasteiger partial charge in [-0.1, -0.05) is 54.6 Å². The zero-order valence-corrected chi connectivity index (χ0v) is 29.7. The van der Waals surface area contributed by atoms with Crippen LogP contribution in [0.25, 0.3) is 33.4 Å². The molecule has 1 aliphatic heterocycles. The average molecular weight is 660 g/mol. The molecule has 4 aromatic rings. The fourth-order valence-electron chi connectivity index (χ4n) is 7.10. The Morgan fingerprint density at radius 3 is 1.94 bits per heavy atom. The molecule has 0 aromatic heterocycles. The van der Waals surface area contributed by atoms with Crippen LogP contribution in [0.2, 0.25) is 0 Å². The molecule has 0 unspecified atom stereocenters. The lowest BCUT2D eigenvalue weighted by Gasteiger charge is -2.32. The number of hydrogen-bond donors (Lipinski definition) is 1. The molecule has 0 fully saturated rings. The summed E-state index contributed by atoms with van der Waals surface area (Å²) in [5.41, 5.74) is 10.4. The summed E-state index contributed by atoms with van der Waals surface area (Å²) in [4.78, 5) is 2.17. The first kappa shape index (κ1) is 33.2. The summed E-state index contributed by atoms with van der Waals surface area (Å²) < 4.78 is 44.8. The summed E-state index contributed by atoms with van der Waals surface area (Å²) in [6.45, 7) is 17.2. The molecule has 0 spiro atoms. The molecular weight excluding hydrogens is 617 g/mol. The maximum absolute atomic E-state index is 12.7. The Kier molecular flexibility index (Phi) is 8.79. The fraction of sp³-hybridized carbons (Fsp3) is 0.244. The smallest absolute Gasteiger partial charge is 0.295 e. The van der Waals surface area contributed by atoms with E-state index in [2.05, 4.69) is 113 Å². The average Bonchev–Trinajstić information content (AvgIpc) is 3.02. The molecule has 7 heteroatoms. The van der Waals surface area contributed by atoms with Crippen molar-refractivity contribution in [3.63, 3.8) is 0 Å². The molecule has 246 valence electrons. The van der Waals surface area contributed by atoms with E-state index in [1.165, 1.54) is 28.3 Å². The highest BCUT2D eigenvalue weighted by Gasteiger charge is 2.27. The van der Waals surface area contributed by atoms with Crippen molar-refractivity contribution in [1.82, 2.24) is 4.58 Å². The molecule has 0 atom stereocenters. The van der Waals surface area contributed by atoms with Gasteiger partial charge in [-0.3, -0.25) is 4.55 Å². The van der Waals surface area contributed by atoms with Crippen molar-refractivity contribution in [3.05, 3.63) is 125 Å². The van der Waals surface area contributed by atoms with Gasteiger partial charge >= 0.3 is 0 Å². The van der Waals surface area contributed by atoms with E-state index in [1.54, 1.807) is 18.2 Å². The standard InChI is InChI=1S/C41H42N2O4S/c1-25(2)42(40-27(5)13-11-14-28(40)6)31-19-21-33-36(23-31)47-37-24-32(43(26(3)4)41-29(7)15-12-16-30(41)8)20-22-34(37)39(33)35-17-9-10-18-38(35)48(44,45)46/h9-26H,1-8H3/p+1. The van der Waals surface area contributed by atoms with Crippen molar-refractivity contribution in [3.8, 4) is 22.5 Å². The number of rotatable bonds is 7. The molecule has 48 heavy (non-hydrogen) atoms. The predicted molar refractivity (Wildman–Crippen MR) is 197 cm³/mol. The fourth-order valence-corrected chi connectivity index (χ4v) is 7.80. The van der Waals surface area contributed by atoms with E-state index < -0.39 is 10.1 Å². The molecule has 0 bridgehead atoms. The first-order valence-electron chi connectivity index (χ1n) is 16.4. The molecule has 6 rings (SSSR count). The molecule has 0 radical (unpaired) electrons. The van der Waals surface area contributed by atoms with Gasteiger partial charge in [0, 0.05) is 62.8 Å². The van der Waals surface area contributed by atoms with E-state index >= 15 is 0 Å². The van der Waals surface area contributed by atoms with Gasteiger partial charge in [0.1, 0.15) is 16.2 Å². The topological polar surface area (TPSA) is 73.8 Å². The number of fused-ring (bicyclic) bond motifs is 2. The van der Waals surface area contributed by atoms with Crippen LogP contribution < -0.4 is 14.8 Å². The Hall–Kier alpha value is -4.72. The number of anilines is 2. The number of benzene rings is 5. The van der Waals surface area contributed by atoms with Crippen molar-refractivity contribution in [2.24, 2.45) is 0 Å². The summed E-state index contributed by atoms with van der Waals surface area (Å²) in [5.74, 6) is 0.609. The van der Waals surface area contributed by atoms with Gasteiger partial charge in [-0.05, 0) is 90.8 Å². The van der Waals surface area contributed by atoms with Crippen LogP contribution in [0.3, 0.4) is 0 Å². The molecule has 0 amide bonds. The van der Waals surface area contributed by atoms with Crippen LogP contribution in [0.4, 0.5) is 17.1 Å². The third-order valence-corrected chi connectivity index (χ3v) is 9.99. The molecule has 2 aliphatic rings. The van der Waals surface area contributed by atoms with Gasteiger partial charge in [0.15, 0.2) is 6.04 Å². The van der Waals surface area contributed by atoms with Gasteiger partial charge in [0.25, 0.3) is 10.1 Å². The van der Waals surface area contributed by atoms with E-state index in [-0.39, 0.29) is 17.0 Å². The summed E-state index contributed by atoms with van der Waals surface area (Å²) in [6.07, 6.45) is 0. The van der Waals surface area contributed by atoms with E-state index in [0.717, 1.165) is 33.4 Å². The Morgan fingerprint density at radius 1 is 0.708 bits per heavy atom. The molecule has 1 N–H and O–H groups in total. The highest BCUT2D eigenvalue weighted by Crippen LogP contribution is 2.44. The van der Waals surface area contributed by atoms with Crippen molar-refractivity contribution >= 4 is 38.1 Å².